The van der Waals surface area contributed by atoms with Gasteiger partial charge in [-0.25, -0.2) is 4.98 Å². The fraction of sp³-hybridized carbons (Fsp3) is 0.400. The molecule has 1 N–H and O–H groups in total. The predicted octanol–water partition coefficient (Wildman–Crippen LogP) is 5.37. The fourth-order valence-electron chi connectivity index (χ4n) is 1.73. The molecule has 1 aromatic carbocycles. The van der Waals surface area contributed by atoms with Crippen molar-refractivity contribution in [2.24, 2.45) is 0 Å². The van der Waals surface area contributed by atoms with E-state index in [1.807, 2.05) is 17.5 Å². The molecule has 0 unspecified atom stereocenters. The lowest BCUT2D eigenvalue weighted by Crippen LogP contribution is -2.11. The Labute approximate surface area is 132 Å². The molecule has 0 atom stereocenters. The summed E-state index contributed by atoms with van der Waals surface area (Å²) in [6, 6.07) is 7.10. The molecule has 1 aromatic heterocycles. The van der Waals surface area contributed by atoms with Gasteiger partial charge in [-0.3, -0.25) is 0 Å². The summed E-state index contributed by atoms with van der Waals surface area (Å²) >= 11 is 2.19. The summed E-state index contributed by atoms with van der Waals surface area (Å²) in [4.78, 5) is 5.14. The zero-order valence-corrected chi connectivity index (χ0v) is 13.8. The van der Waals surface area contributed by atoms with Crippen LogP contribution >= 0.6 is 23.1 Å². The van der Waals surface area contributed by atoms with E-state index in [4.69, 9.17) is 0 Å². The Bertz CT molecular complexity index is 591. The lowest BCUT2D eigenvalue weighted by Gasteiger charge is -2.14. The Balaban J connectivity index is 2.05. The number of hydrogen-bond donors (Lipinski definition) is 1. The van der Waals surface area contributed by atoms with Crippen LogP contribution in [-0.4, -0.2) is 10.7 Å². The van der Waals surface area contributed by atoms with Gasteiger partial charge in [0.2, 0.25) is 0 Å². The fourth-order valence-corrected chi connectivity index (χ4v) is 3.25. The van der Waals surface area contributed by atoms with Crippen LogP contribution in [0.15, 0.2) is 34.5 Å². The molecular formula is C15H18F2N2S2. The van der Waals surface area contributed by atoms with Crippen molar-refractivity contribution in [3.63, 3.8) is 0 Å². The first kappa shape index (κ1) is 16.2. The quantitative estimate of drug-likeness (QED) is 0.747. The topological polar surface area (TPSA) is 24.9 Å². The molecule has 2 nitrogen and oxygen atoms in total. The van der Waals surface area contributed by atoms with Crippen LogP contribution in [0.25, 0.3) is 0 Å². The molecule has 0 amide bonds. The number of rotatable bonds is 5. The van der Waals surface area contributed by atoms with Crippen LogP contribution < -0.4 is 5.32 Å². The molecule has 0 spiro atoms. The number of benzene rings is 1. The summed E-state index contributed by atoms with van der Waals surface area (Å²) in [5.74, 6) is -2.42. The summed E-state index contributed by atoms with van der Waals surface area (Å²) in [6.07, 6.45) is 0. The molecule has 0 aliphatic carbocycles. The minimum atomic E-state index is -2.42. The molecule has 0 aliphatic rings. The van der Waals surface area contributed by atoms with Crippen molar-refractivity contribution in [3.8, 4) is 0 Å². The standard InChI is InChI=1S/C15H18F2N2S2/c1-15(2,3)13-19-10(9-20-13)8-18-11-6-4-5-7-12(11)21-14(16)17/h4-7,9,14,18H,8H2,1-3H3. The van der Waals surface area contributed by atoms with Crippen molar-refractivity contribution in [1.29, 1.82) is 0 Å². The largest absolute Gasteiger partial charge is 0.378 e. The highest BCUT2D eigenvalue weighted by molar-refractivity contribution is 7.99. The van der Waals surface area contributed by atoms with E-state index >= 15 is 0 Å². The number of alkyl halides is 2. The van der Waals surface area contributed by atoms with Crippen molar-refractivity contribution >= 4 is 28.8 Å². The van der Waals surface area contributed by atoms with E-state index in [-0.39, 0.29) is 5.41 Å². The van der Waals surface area contributed by atoms with Gasteiger partial charge in [0.15, 0.2) is 0 Å². The molecule has 0 saturated heterocycles. The van der Waals surface area contributed by atoms with Gasteiger partial charge >= 0.3 is 0 Å². The summed E-state index contributed by atoms with van der Waals surface area (Å²) in [7, 11) is 0. The van der Waals surface area contributed by atoms with Crippen LogP contribution in [0, 0.1) is 0 Å². The van der Waals surface area contributed by atoms with Gasteiger partial charge in [0.05, 0.1) is 17.2 Å². The number of halogens is 2. The number of nitrogens with one attached hydrogen (secondary N) is 1. The van der Waals surface area contributed by atoms with Crippen LogP contribution in [0.4, 0.5) is 14.5 Å². The number of hydrogen-bond acceptors (Lipinski definition) is 4. The lowest BCUT2D eigenvalue weighted by atomic mass is 9.98. The molecule has 1 heterocycles. The number of para-hydroxylation sites is 1. The smallest absolute Gasteiger partial charge is 0.288 e. The van der Waals surface area contributed by atoms with Gasteiger partial charge in [0.25, 0.3) is 5.76 Å². The van der Waals surface area contributed by atoms with E-state index in [2.05, 4.69) is 31.1 Å². The molecule has 21 heavy (non-hydrogen) atoms. The molecule has 2 rings (SSSR count). The second-order valence-electron chi connectivity index (χ2n) is 5.62. The van der Waals surface area contributed by atoms with E-state index in [9.17, 15) is 8.78 Å². The van der Waals surface area contributed by atoms with Gasteiger partial charge in [0, 0.05) is 21.4 Å². The summed E-state index contributed by atoms with van der Waals surface area (Å²) in [5.41, 5.74) is 1.68. The third kappa shape index (κ3) is 4.68. The molecule has 6 heteroatoms. The molecule has 0 saturated carbocycles. The van der Waals surface area contributed by atoms with E-state index in [0.717, 1.165) is 10.7 Å². The highest BCUT2D eigenvalue weighted by atomic mass is 32.2. The zero-order valence-electron chi connectivity index (χ0n) is 12.2. The van der Waals surface area contributed by atoms with Crippen LogP contribution in [0.2, 0.25) is 0 Å². The minimum absolute atomic E-state index is 0.0341. The first-order valence-corrected chi connectivity index (χ1v) is 8.35. The number of anilines is 1. The molecule has 0 radical (unpaired) electrons. The SMILES string of the molecule is CC(C)(C)c1nc(CNc2ccccc2SC(F)F)cs1. The predicted molar refractivity (Wildman–Crippen MR) is 86.4 cm³/mol. The number of aromatic nitrogens is 1. The first-order chi connectivity index (χ1) is 9.86. The zero-order chi connectivity index (χ0) is 15.5. The maximum absolute atomic E-state index is 12.5. The molecular weight excluding hydrogens is 310 g/mol. The Morgan fingerprint density at radius 2 is 2.00 bits per heavy atom. The average Bonchev–Trinajstić information content (AvgIpc) is 2.86. The van der Waals surface area contributed by atoms with E-state index < -0.39 is 5.76 Å². The van der Waals surface area contributed by atoms with Crippen molar-refractivity contribution in [1.82, 2.24) is 4.98 Å². The van der Waals surface area contributed by atoms with Gasteiger partial charge in [-0.05, 0) is 12.1 Å². The first-order valence-electron chi connectivity index (χ1n) is 6.59. The monoisotopic (exact) mass is 328 g/mol. The third-order valence-corrected chi connectivity index (χ3v) is 4.86. The Morgan fingerprint density at radius 1 is 1.29 bits per heavy atom. The van der Waals surface area contributed by atoms with Crippen molar-refractivity contribution in [3.05, 3.63) is 40.3 Å². The second-order valence-corrected chi connectivity index (χ2v) is 7.51. The lowest BCUT2D eigenvalue weighted by molar-refractivity contribution is 0.252. The van der Waals surface area contributed by atoms with E-state index in [1.54, 1.807) is 23.5 Å². The van der Waals surface area contributed by atoms with E-state index in [1.165, 1.54) is 0 Å². The van der Waals surface area contributed by atoms with Gasteiger partial charge in [-0.1, -0.05) is 44.7 Å². The highest BCUT2D eigenvalue weighted by Gasteiger charge is 2.18. The normalized spacial score (nSPS) is 11.9. The number of nitrogens with zero attached hydrogens (tertiary/aromatic N) is 1. The number of thioether (sulfide) groups is 1. The second kappa shape index (κ2) is 6.75. The van der Waals surface area contributed by atoms with Gasteiger partial charge < -0.3 is 5.32 Å². The average molecular weight is 328 g/mol. The molecule has 0 aliphatic heterocycles. The molecule has 2 aromatic rings. The van der Waals surface area contributed by atoms with Gasteiger partial charge in [-0.15, -0.1) is 11.3 Å². The van der Waals surface area contributed by atoms with Crippen molar-refractivity contribution in [2.45, 2.75) is 43.4 Å². The number of thiazole rings is 1. The minimum Gasteiger partial charge on any atom is -0.378 e. The summed E-state index contributed by atoms with van der Waals surface area (Å²) < 4.78 is 25.0. The van der Waals surface area contributed by atoms with Crippen LogP contribution in [0.1, 0.15) is 31.5 Å². The molecule has 0 bridgehead atoms. The maximum Gasteiger partial charge on any atom is 0.288 e. The maximum atomic E-state index is 12.5. The molecule has 114 valence electrons. The van der Waals surface area contributed by atoms with Crippen molar-refractivity contribution in [2.75, 3.05) is 5.32 Å². The highest BCUT2D eigenvalue weighted by Crippen LogP contribution is 2.32. The van der Waals surface area contributed by atoms with Crippen LogP contribution in [0.3, 0.4) is 0 Å². The van der Waals surface area contributed by atoms with Crippen LogP contribution in [-0.2, 0) is 12.0 Å². The van der Waals surface area contributed by atoms with Crippen molar-refractivity contribution < 1.29 is 8.78 Å². The third-order valence-electron chi connectivity index (χ3n) is 2.76. The van der Waals surface area contributed by atoms with E-state index in [0.29, 0.717) is 28.9 Å². The van der Waals surface area contributed by atoms with Gasteiger partial charge in [-0.2, -0.15) is 8.78 Å². The summed E-state index contributed by atoms with van der Waals surface area (Å²) in [5, 5.41) is 6.28. The Morgan fingerprint density at radius 3 is 2.62 bits per heavy atom. The van der Waals surface area contributed by atoms with Gasteiger partial charge in [0.1, 0.15) is 0 Å². The summed E-state index contributed by atoms with van der Waals surface area (Å²) in [6.45, 7) is 6.90. The Kier molecular flexibility index (Phi) is 5.22. The molecule has 0 fully saturated rings. The van der Waals surface area contributed by atoms with Crippen LogP contribution in [0.5, 0.6) is 0 Å². The Hall–Kier alpha value is -1.14.